The molecule has 0 aliphatic carbocycles. The van der Waals surface area contributed by atoms with E-state index in [0.29, 0.717) is 5.75 Å². The minimum Gasteiger partial charge on any atom is -0.482 e. The predicted molar refractivity (Wildman–Crippen MR) is 97.0 cm³/mol. The summed E-state index contributed by atoms with van der Waals surface area (Å²) < 4.78 is 36.0. The number of rotatable bonds is 6. The Balaban J connectivity index is 1.54. The van der Waals surface area contributed by atoms with Crippen molar-refractivity contribution in [3.63, 3.8) is 0 Å². The number of carbonyl (C=O) groups excluding carboxylic acids is 2. The third-order valence-corrected chi connectivity index (χ3v) is 6.21. The van der Waals surface area contributed by atoms with Gasteiger partial charge in [0.15, 0.2) is 6.61 Å². The first kappa shape index (κ1) is 18.9. The Labute approximate surface area is 157 Å². The molecule has 0 fully saturated rings. The number of carbonyl (C=O) groups is 2. The summed E-state index contributed by atoms with van der Waals surface area (Å²) in [4.78, 5) is 24.1. The molecule has 0 bridgehead atoms. The standard InChI is InChI=1S/C19H19NO6S/c1-13-6-5-8-16(14(13)2)26-12-18(21)25-11-10-20-19(22)15-7-3-4-9-17(15)27(20,23)24/h3-9H,10-12H2,1-2H3. The summed E-state index contributed by atoms with van der Waals surface area (Å²) in [6.07, 6.45) is 0. The van der Waals surface area contributed by atoms with Gasteiger partial charge in [0, 0.05) is 0 Å². The van der Waals surface area contributed by atoms with Gasteiger partial charge in [-0.05, 0) is 43.2 Å². The minimum absolute atomic E-state index is 0.0282. The lowest BCUT2D eigenvalue weighted by atomic mass is 10.1. The maximum atomic E-state index is 12.4. The lowest BCUT2D eigenvalue weighted by molar-refractivity contribution is -0.146. The molecule has 2 aromatic rings. The van der Waals surface area contributed by atoms with E-state index in [1.54, 1.807) is 18.2 Å². The lowest BCUT2D eigenvalue weighted by Gasteiger charge is -2.15. The van der Waals surface area contributed by atoms with Crippen LogP contribution >= 0.6 is 0 Å². The van der Waals surface area contributed by atoms with E-state index in [2.05, 4.69) is 0 Å². The van der Waals surface area contributed by atoms with Gasteiger partial charge in [0.1, 0.15) is 17.3 Å². The molecule has 7 nitrogen and oxygen atoms in total. The van der Waals surface area contributed by atoms with Crippen LogP contribution in [0.4, 0.5) is 0 Å². The van der Waals surface area contributed by atoms with E-state index in [1.807, 2.05) is 26.0 Å². The van der Waals surface area contributed by atoms with Gasteiger partial charge in [0.2, 0.25) is 0 Å². The van der Waals surface area contributed by atoms with E-state index in [4.69, 9.17) is 9.47 Å². The van der Waals surface area contributed by atoms with Crippen molar-refractivity contribution in [2.75, 3.05) is 19.8 Å². The highest BCUT2D eigenvalue weighted by Crippen LogP contribution is 2.29. The van der Waals surface area contributed by atoms with E-state index in [-0.39, 0.29) is 30.2 Å². The number of ether oxygens (including phenoxy) is 2. The maximum Gasteiger partial charge on any atom is 0.344 e. The van der Waals surface area contributed by atoms with E-state index < -0.39 is 21.9 Å². The highest BCUT2D eigenvalue weighted by atomic mass is 32.2. The van der Waals surface area contributed by atoms with E-state index in [0.717, 1.165) is 15.4 Å². The highest BCUT2D eigenvalue weighted by molar-refractivity contribution is 7.90. The Morgan fingerprint density at radius 1 is 1.07 bits per heavy atom. The third kappa shape index (κ3) is 3.66. The number of sulfonamides is 1. The Kier molecular flexibility index (Phi) is 5.18. The van der Waals surface area contributed by atoms with Crippen LogP contribution in [0.5, 0.6) is 5.75 Å². The average Bonchev–Trinajstić information content (AvgIpc) is 2.84. The van der Waals surface area contributed by atoms with Crippen LogP contribution in [0.3, 0.4) is 0 Å². The number of aryl methyl sites for hydroxylation is 1. The van der Waals surface area contributed by atoms with Crippen LogP contribution in [0.1, 0.15) is 21.5 Å². The van der Waals surface area contributed by atoms with Gasteiger partial charge in [-0.3, -0.25) is 4.79 Å². The molecule has 1 aliphatic rings. The van der Waals surface area contributed by atoms with Crippen LogP contribution in [0, 0.1) is 13.8 Å². The SMILES string of the molecule is Cc1cccc(OCC(=O)OCCN2C(=O)c3ccccc3S2(=O)=O)c1C. The van der Waals surface area contributed by atoms with Crippen molar-refractivity contribution in [1.29, 1.82) is 0 Å². The summed E-state index contributed by atoms with van der Waals surface area (Å²) >= 11 is 0. The lowest BCUT2D eigenvalue weighted by Crippen LogP contribution is -2.34. The smallest absolute Gasteiger partial charge is 0.344 e. The quantitative estimate of drug-likeness (QED) is 0.703. The third-order valence-electron chi connectivity index (χ3n) is 4.37. The molecule has 1 aliphatic heterocycles. The number of esters is 1. The molecule has 0 spiro atoms. The van der Waals surface area contributed by atoms with Gasteiger partial charge < -0.3 is 9.47 Å². The van der Waals surface area contributed by atoms with Crippen molar-refractivity contribution in [2.45, 2.75) is 18.7 Å². The number of amides is 1. The van der Waals surface area contributed by atoms with E-state index >= 15 is 0 Å². The fourth-order valence-corrected chi connectivity index (χ4v) is 4.31. The first-order valence-electron chi connectivity index (χ1n) is 8.33. The predicted octanol–water partition coefficient (Wildman–Crippen LogP) is 2.07. The molecule has 0 unspecified atom stereocenters. The summed E-state index contributed by atoms with van der Waals surface area (Å²) in [5, 5.41) is 0. The second kappa shape index (κ2) is 7.40. The topological polar surface area (TPSA) is 90.0 Å². The van der Waals surface area contributed by atoms with Gasteiger partial charge in [-0.1, -0.05) is 24.3 Å². The first-order valence-corrected chi connectivity index (χ1v) is 9.77. The van der Waals surface area contributed by atoms with Gasteiger partial charge >= 0.3 is 5.97 Å². The van der Waals surface area contributed by atoms with E-state index in [9.17, 15) is 18.0 Å². The number of hydrogen-bond donors (Lipinski definition) is 0. The Bertz CT molecular complexity index is 999. The summed E-state index contributed by atoms with van der Waals surface area (Å²) in [6.45, 7) is 3.04. The molecule has 0 aromatic heterocycles. The number of benzene rings is 2. The summed E-state index contributed by atoms with van der Waals surface area (Å²) in [5.74, 6) is -0.676. The fraction of sp³-hybridized carbons (Fsp3) is 0.263. The average molecular weight is 389 g/mol. The van der Waals surface area contributed by atoms with Gasteiger partial charge in [-0.15, -0.1) is 0 Å². The summed E-state index contributed by atoms with van der Waals surface area (Å²) in [7, 11) is -3.90. The number of fused-ring (bicyclic) bond motifs is 1. The molecule has 0 atom stereocenters. The number of nitrogens with zero attached hydrogens (tertiary/aromatic N) is 1. The second-order valence-corrected chi connectivity index (χ2v) is 7.92. The van der Waals surface area contributed by atoms with Crippen molar-refractivity contribution < 1.29 is 27.5 Å². The van der Waals surface area contributed by atoms with Crippen LogP contribution in [0.25, 0.3) is 0 Å². The zero-order chi connectivity index (χ0) is 19.6. The summed E-state index contributed by atoms with van der Waals surface area (Å²) in [6, 6.07) is 11.5. The molecular formula is C19H19NO6S. The Morgan fingerprint density at radius 3 is 2.56 bits per heavy atom. The molecule has 1 heterocycles. The highest BCUT2D eigenvalue weighted by Gasteiger charge is 2.40. The molecule has 1 amide bonds. The van der Waals surface area contributed by atoms with Gasteiger partial charge in [0.25, 0.3) is 15.9 Å². The van der Waals surface area contributed by atoms with Crippen LogP contribution in [-0.4, -0.2) is 44.4 Å². The minimum atomic E-state index is -3.90. The molecule has 142 valence electrons. The van der Waals surface area contributed by atoms with Gasteiger partial charge in [-0.2, -0.15) is 0 Å². The van der Waals surface area contributed by atoms with Crippen molar-refractivity contribution in [2.24, 2.45) is 0 Å². The van der Waals surface area contributed by atoms with Crippen molar-refractivity contribution in [3.05, 3.63) is 59.2 Å². The molecule has 0 saturated carbocycles. The molecular weight excluding hydrogens is 370 g/mol. The normalized spacial score (nSPS) is 14.7. The second-order valence-electron chi connectivity index (χ2n) is 6.09. The van der Waals surface area contributed by atoms with E-state index in [1.165, 1.54) is 12.1 Å². The zero-order valence-electron chi connectivity index (χ0n) is 15.0. The molecule has 0 saturated heterocycles. The van der Waals surface area contributed by atoms with Crippen LogP contribution in [0.15, 0.2) is 47.4 Å². The van der Waals surface area contributed by atoms with Crippen LogP contribution in [0.2, 0.25) is 0 Å². The summed E-state index contributed by atoms with van der Waals surface area (Å²) in [5.41, 5.74) is 2.09. The monoisotopic (exact) mass is 389 g/mol. The zero-order valence-corrected chi connectivity index (χ0v) is 15.8. The van der Waals surface area contributed by atoms with Crippen molar-refractivity contribution in [1.82, 2.24) is 4.31 Å². The maximum absolute atomic E-state index is 12.4. The molecule has 0 N–H and O–H groups in total. The molecule has 8 heteroatoms. The largest absolute Gasteiger partial charge is 0.482 e. The number of hydrogen-bond acceptors (Lipinski definition) is 6. The molecule has 27 heavy (non-hydrogen) atoms. The van der Waals surface area contributed by atoms with Crippen molar-refractivity contribution in [3.8, 4) is 5.75 Å². The van der Waals surface area contributed by atoms with Crippen molar-refractivity contribution >= 4 is 21.9 Å². The Hall–Kier alpha value is -2.87. The first-order chi connectivity index (χ1) is 12.8. The Morgan fingerprint density at radius 2 is 1.81 bits per heavy atom. The van der Waals surface area contributed by atoms with Gasteiger partial charge in [0.05, 0.1) is 12.1 Å². The van der Waals surface area contributed by atoms with Crippen LogP contribution < -0.4 is 4.74 Å². The molecule has 2 aromatic carbocycles. The fourth-order valence-electron chi connectivity index (χ4n) is 2.75. The van der Waals surface area contributed by atoms with Crippen LogP contribution in [-0.2, 0) is 19.6 Å². The molecule has 3 rings (SSSR count). The van der Waals surface area contributed by atoms with Gasteiger partial charge in [-0.25, -0.2) is 17.5 Å². The molecule has 0 radical (unpaired) electrons.